The van der Waals surface area contributed by atoms with Crippen LogP contribution in [0.2, 0.25) is 0 Å². The van der Waals surface area contributed by atoms with Crippen molar-refractivity contribution in [2.24, 2.45) is 29.1 Å². The summed E-state index contributed by atoms with van der Waals surface area (Å²) in [6.45, 7) is 1.97. The van der Waals surface area contributed by atoms with Gasteiger partial charge < -0.3 is 4.90 Å². The second kappa shape index (κ2) is 7.10. The van der Waals surface area contributed by atoms with Crippen LogP contribution < -0.4 is 4.72 Å². The zero-order chi connectivity index (χ0) is 19.4. The van der Waals surface area contributed by atoms with Crippen LogP contribution in [0.1, 0.15) is 51.4 Å². The fraction of sp³-hybridized carbons (Fsp3) is 0.762. The summed E-state index contributed by atoms with van der Waals surface area (Å²) >= 11 is 1.24. The number of amides is 1. The van der Waals surface area contributed by atoms with Gasteiger partial charge in [0, 0.05) is 19.6 Å². The minimum absolute atomic E-state index is 0.0902. The molecule has 1 atom stereocenters. The Morgan fingerprint density at radius 1 is 1.18 bits per heavy atom. The number of likely N-dealkylation sites (tertiary alicyclic amines) is 1. The number of carbonyl (C=O) groups excluding carboxylic acids is 1. The molecule has 28 heavy (non-hydrogen) atoms. The van der Waals surface area contributed by atoms with Crippen LogP contribution in [0.15, 0.2) is 21.7 Å². The van der Waals surface area contributed by atoms with E-state index < -0.39 is 10.0 Å². The maximum atomic E-state index is 13.6. The lowest BCUT2D eigenvalue weighted by Crippen LogP contribution is -2.56. The third-order valence-corrected chi connectivity index (χ3v) is 10.4. The van der Waals surface area contributed by atoms with Gasteiger partial charge in [0.25, 0.3) is 0 Å². The van der Waals surface area contributed by atoms with Crippen molar-refractivity contribution in [2.45, 2.75) is 55.6 Å². The fourth-order valence-electron chi connectivity index (χ4n) is 6.84. The summed E-state index contributed by atoms with van der Waals surface area (Å²) in [5.74, 6) is 2.91. The van der Waals surface area contributed by atoms with Crippen LogP contribution in [0.3, 0.4) is 0 Å². The van der Waals surface area contributed by atoms with E-state index in [2.05, 4.69) is 9.62 Å². The van der Waals surface area contributed by atoms with E-state index >= 15 is 0 Å². The molecule has 0 spiro atoms. The molecule has 2 heterocycles. The van der Waals surface area contributed by atoms with Gasteiger partial charge in [-0.15, -0.1) is 11.3 Å². The molecule has 7 heteroatoms. The zero-order valence-electron chi connectivity index (χ0n) is 16.3. The maximum Gasteiger partial charge on any atom is 0.250 e. The van der Waals surface area contributed by atoms with Crippen LogP contribution >= 0.6 is 11.3 Å². The molecule has 1 aliphatic heterocycles. The number of nitrogens with one attached hydrogen (secondary N) is 1. The third-order valence-electron chi connectivity index (χ3n) is 7.62. The molecule has 4 saturated carbocycles. The molecule has 4 aliphatic carbocycles. The van der Waals surface area contributed by atoms with Crippen molar-refractivity contribution in [2.75, 3.05) is 19.6 Å². The van der Waals surface area contributed by atoms with Crippen LogP contribution in [0.4, 0.5) is 0 Å². The molecule has 1 saturated heterocycles. The van der Waals surface area contributed by atoms with Crippen molar-refractivity contribution in [3.05, 3.63) is 17.5 Å². The van der Waals surface area contributed by atoms with E-state index in [1.54, 1.807) is 17.5 Å². The summed E-state index contributed by atoms with van der Waals surface area (Å²) in [5.41, 5.74) is -0.0902. The fourth-order valence-corrected chi connectivity index (χ4v) is 8.99. The summed E-state index contributed by atoms with van der Waals surface area (Å²) in [7, 11) is -3.43. The molecule has 5 nitrogen and oxygen atoms in total. The van der Waals surface area contributed by atoms with Crippen LogP contribution in [-0.4, -0.2) is 38.9 Å². The van der Waals surface area contributed by atoms with E-state index in [-0.39, 0.29) is 11.3 Å². The van der Waals surface area contributed by atoms with Crippen LogP contribution in [-0.2, 0) is 14.8 Å². The molecule has 5 fully saturated rings. The Labute approximate surface area is 171 Å². The number of thiophene rings is 1. The van der Waals surface area contributed by atoms with Crippen LogP contribution in [0.25, 0.3) is 0 Å². The highest BCUT2D eigenvalue weighted by Gasteiger charge is 2.55. The second-order valence-corrected chi connectivity index (χ2v) is 12.7. The summed E-state index contributed by atoms with van der Waals surface area (Å²) in [6, 6.07) is 3.39. The number of carbonyl (C=O) groups is 1. The minimum Gasteiger partial charge on any atom is -0.342 e. The maximum absolute atomic E-state index is 13.6. The highest BCUT2D eigenvalue weighted by molar-refractivity contribution is 7.91. The number of piperidine rings is 1. The SMILES string of the molecule is O=C(N1CCCC(CNS(=O)(=O)c2cccs2)C1)C12CC3CC(CC(C3)C1)C2. The first-order chi connectivity index (χ1) is 13.4. The lowest BCUT2D eigenvalue weighted by atomic mass is 9.49. The molecule has 1 aromatic heterocycles. The first kappa shape index (κ1) is 19.1. The van der Waals surface area contributed by atoms with Gasteiger partial charge >= 0.3 is 0 Å². The van der Waals surface area contributed by atoms with Gasteiger partial charge in [0.1, 0.15) is 4.21 Å². The molecule has 1 aromatic rings. The summed E-state index contributed by atoms with van der Waals surface area (Å²) in [4.78, 5) is 15.7. The number of sulfonamides is 1. The molecule has 0 aromatic carbocycles. The molecular formula is C21H30N2O3S2. The Bertz CT molecular complexity index is 799. The Balaban J connectivity index is 1.23. The number of hydrogen-bond donors (Lipinski definition) is 1. The van der Waals surface area contributed by atoms with Crippen molar-refractivity contribution in [3.8, 4) is 0 Å². The van der Waals surface area contributed by atoms with E-state index in [0.717, 1.165) is 56.4 Å². The largest absolute Gasteiger partial charge is 0.342 e. The van der Waals surface area contributed by atoms with Crippen molar-refractivity contribution >= 4 is 27.3 Å². The van der Waals surface area contributed by atoms with Gasteiger partial charge in [0.15, 0.2) is 0 Å². The Kier molecular flexibility index (Phi) is 4.83. The normalized spacial score (nSPS) is 37.4. The quantitative estimate of drug-likeness (QED) is 0.790. The monoisotopic (exact) mass is 422 g/mol. The van der Waals surface area contributed by atoms with Gasteiger partial charge in [0.2, 0.25) is 15.9 Å². The van der Waals surface area contributed by atoms with Gasteiger partial charge in [-0.2, -0.15) is 0 Å². The van der Waals surface area contributed by atoms with Crippen LogP contribution in [0, 0.1) is 29.1 Å². The second-order valence-electron chi connectivity index (χ2n) is 9.74. The minimum atomic E-state index is -3.43. The van der Waals surface area contributed by atoms with Gasteiger partial charge in [-0.3, -0.25) is 4.79 Å². The first-order valence-corrected chi connectivity index (χ1v) is 13.1. The van der Waals surface area contributed by atoms with Crippen molar-refractivity contribution < 1.29 is 13.2 Å². The van der Waals surface area contributed by atoms with E-state index in [1.165, 1.54) is 30.6 Å². The summed E-state index contributed by atoms with van der Waals surface area (Å²) in [5, 5.41) is 1.78. The van der Waals surface area contributed by atoms with Crippen LogP contribution in [0.5, 0.6) is 0 Å². The van der Waals surface area contributed by atoms with Crippen molar-refractivity contribution in [1.29, 1.82) is 0 Å². The third kappa shape index (κ3) is 3.43. The predicted octanol–water partition coefficient (Wildman–Crippen LogP) is 3.48. The van der Waals surface area contributed by atoms with Gasteiger partial charge in [0.05, 0.1) is 5.41 Å². The lowest BCUT2D eigenvalue weighted by Gasteiger charge is -2.57. The smallest absolute Gasteiger partial charge is 0.250 e. The molecule has 5 aliphatic rings. The Morgan fingerprint density at radius 3 is 2.46 bits per heavy atom. The standard InChI is InChI=1S/C21H30N2O3S2/c24-20(21-10-16-7-17(11-21)9-18(8-16)12-21)23-5-1-3-15(14-23)13-22-28(25,26)19-4-2-6-27-19/h2,4,6,15-18,22H,1,3,5,7-14H2. The average Bonchev–Trinajstić information content (AvgIpc) is 3.21. The molecule has 1 amide bonds. The highest BCUT2D eigenvalue weighted by Crippen LogP contribution is 2.60. The highest BCUT2D eigenvalue weighted by atomic mass is 32.2. The topological polar surface area (TPSA) is 66.5 Å². The predicted molar refractivity (Wildman–Crippen MR) is 109 cm³/mol. The number of hydrogen-bond acceptors (Lipinski definition) is 4. The summed E-state index contributed by atoms with van der Waals surface area (Å²) in [6.07, 6.45) is 9.30. The molecular weight excluding hydrogens is 392 g/mol. The van der Waals surface area contributed by atoms with E-state index in [9.17, 15) is 13.2 Å². The van der Waals surface area contributed by atoms with Crippen molar-refractivity contribution in [3.63, 3.8) is 0 Å². The number of rotatable bonds is 5. The van der Waals surface area contributed by atoms with E-state index in [1.807, 2.05) is 0 Å². The molecule has 1 N–H and O–H groups in total. The Morgan fingerprint density at radius 2 is 1.86 bits per heavy atom. The Hall–Kier alpha value is -0.920. The molecule has 4 bridgehead atoms. The van der Waals surface area contributed by atoms with E-state index in [0.29, 0.717) is 23.2 Å². The molecule has 6 rings (SSSR count). The van der Waals surface area contributed by atoms with Gasteiger partial charge in [-0.25, -0.2) is 13.1 Å². The van der Waals surface area contributed by atoms with Gasteiger partial charge in [-0.05, 0) is 86.5 Å². The molecule has 154 valence electrons. The zero-order valence-corrected chi connectivity index (χ0v) is 17.9. The van der Waals surface area contributed by atoms with Gasteiger partial charge in [-0.1, -0.05) is 6.07 Å². The first-order valence-electron chi connectivity index (χ1n) is 10.8. The number of nitrogens with zero attached hydrogens (tertiary/aromatic N) is 1. The van der Waals surface area contributed by atoms with Crippen molar-refractivity contribution in [1.82, 2.24) is 9.62 Å². The summed E-state index contributed by atoms with van der Waals surface area (Å²) < 4.78 is 27.9. The average molecular weight is 423 g/mol. The molecule has 0 radical (unpaired) electrons. The molecule has 1 unspecified atom stereocenters. The lowest BCUT2D eigenvalue weighted by molar-refractivity contribution is -0.159. The van der Waals surface area contributed by atoms with E-state index in [4.69, 9.17) is 0 Å².